The van der Waals surface area contributed by atoms with E-state index in [4.69, 9.17) is 13.3 Å². The van der Waals surface area contributed by atoms with Gasteiger partial charge in [-0.2, -0.15) is 0 Å². The minimum absolute atomic E-state index is 0.298. The molecule has 0 amide bonds. The third-order valence-electron chi connectivity index (χ3n) is 1.47. The molecule has 0 unspecified atom stereocenters. The van der Waals surface area contributed by atoms with Gasteiger partial charge in [-0.1, -0.05) is 13.8 Å². The molecule has 86 valence electrons. The Morgan fingerprint density at radius 3 is 1.50 bits per heavy atom. The van der Waals surface area contributed by atoms with E-state index in [0.29, 0.717) is 25.9 Å². The highest BCUT2D eigenvalue weighted by Gasteiger charge is 2.42. The van der Waals surface area contributed by atoms with Gasteiger partial charge in [0.1, 0.15) is 0 Å². The molecule has 0 aromatic rings. The van der Waals surface area contributed by atoms with Crippen LogP contribution < -0.4 is 4.98 Å². The van der Waals surface area contributed by atoms with Gasteiger partial charge in [-0.3, -0.25) is 4.98 Å². The molecule has 0 aliphatic rings. The van der Waals surface area contributed by atoms with Crippen molar-refractivity contribution < 1.29 is 13.3 Å². The third kappa shape index (κ3) is 5.07. The minimum atomic E-state index is -2.61. The van der Waals surface area contributed by atoms with Crippen LogP contribution in [0.2, 0.25) is 0 Å². The first-order chi connectivity index (χ1) is 6.60. The molecule has 0 aliphatic carbocycles. The largest absolute Gasteiger partial charge is 0.596 e. The Balaban J connectivity index is 4.37. The Kier molecular flexibility index (Phi) is 7.39. The molecule has 1 N–H and O–H groups in total. The predicted molar refractivity (Wildman–Crippen MR) is 58.9 cm³/mol. The summed E-state index contributed by atoms with van der Waals surface area (Å²) in [6, 6.07) is 0.298. The van der Waals surface area contributed by atoms with Crippen molar-refractivity contribution in [1.29, 1.82) is 0 Å². The summed E-state index contributed by atoms with van der Waals surface area (Å²) < 4.78 is 16.8. The van der Waals surface area contributed by atoms with Crippen molar-refractivity contribution in [3.05, 3.63) is 0 Å². The topological polar surface area (TPSA) is 39.7 Å². The van der Waals surface area contributed by atoms with Gasteiger partial charge in [-0.15, -0.1) is 0 Å². The molecule has 0 atom stereocenters. The zero-order valence-corrected chi connectivity index (χ0v) is 10.9. The van der Waals surface area contributed by atoms with Gasteiger partial charge in [0.05, 0.1) is 0 Å². The highest BCUT2D eigenvalue weighted by atomic mass is 28.4. The second-order valence-electron chi connectivity index (χ2n) is 3.15. The van der Waals surface area contributed by atoms with Gasteiger partial charge < -0.3 is 13.3 Å². The number of hydrogen-bond donors (Lipinski definition) is 1. The predicted octanol–water partition coefficient (Wildman–Crippen LogP) is 1.53. The average molecular weight is 221 g/mol. The lowest BCUT2D eigenvalue weighted by Crippen LogP contribution is -2.61. The molecule has 0 bridgehead atoms. The van der Waals surface area contributed by atoms with Crippen molar-refractivity contribution >= 4 is 8.97 Å². The first-order valence-electron chi connectivity index (χ1n) is 5.29. The fourth-order valence-electron chi connectivity index (χ4n) is 1.17. The number of nitrogens with one attached hydrogen (secondary N) is 1. The van der Waals surface area contributed by atoms with Crippen LogP contribution in [0.25, 0.3) is 0 Å². The van der Waals surface area contributed by atoms with Gasteiger partial charge in [0.2, 0.25) is 0 Å². The van der Waals surface area contributed by atoms with Crippen molar-refractivity contribution in [3.8, 4) is 0 Å². The quantitative estimate of drug-likeness (QED) is 0.631. The maximum Gasteiger partial charge on any atom is 0.596 e. The molecule has 0 fully saturated rings. The smallest absolute Gasteiger partial charge is 0.361 e. The normalized spacial score (nSPS) is 12.4. The molecule has 14 heavy (non-hydrogen) atoms. The third-order valence-corrected chi connectivity index (χ3v) is 4.41. The molecule has 0 aromatic heterocycles. The summed E-state index contributed by atoms with van der Waals surface area (Å²) in [6.45, 7) is 11.8. The number of hydrogen-bond acceptors (Lipinski definition) is 4. The highest BCUT2D eigenvalue weighted by Crippen LogP contribution is 2.07. The van der Waals surface area contributed by atoms with Crippen LogP contribution in [-0.2, 0) is 13.3 Å². The standard InChI is InChI=1S/C9H23NO3Si/c1-6-11-14(12-7-2,13-8-3)10-9(4)5/h9-10H,6-8H2,1-5H3. The van der Waals surface area contributed by atoms with E-state index in [1.165, 1.54) is 0 Å². The molecular formula is C9H23NO3Si. The Morgan fingerprint density at radius 2 is 1.29 bits per heavy atom. The maximum absolute atomic E-state index is 5.60. The molecule has 0 aromatic carbocycles. The van der Waals surface area contributed by atoms with Crippen LogP contribution in [0.4, 0.5) is 0 Å². The average Bonchev–Trinajstić information content (AvgIpc) is 2.03. The molecular weight excluding hydrogens is 198 g/mol. The van der Waals surface area contributed by atoms with Gasteiger partial charge in [0.25, 0.3) is 0 Å². The van der Waals surface area contributed by atoms with E-state index >= 15 is 0 Å². The zero-order chi connectivity index (χ0) is 11.0. The van der Waals surface area contributed by atoms with E-state index in [1.54, 1.807) is 0 Å². The lowest BCUT2D eigenvalue weighted by molar-refractivity contribution is 0.0574. The van der Waals surface area contributed by atoms with Crippen LogP contribution >= 0.6 is 0 Å². The maximum atomic E-state index is 5.60. The summed E-state index contributed by atoms with van der Waals surface area (Å²) >= 11 is 0. The first-order valence-corrected chi connectivity index (χ1v) is 7.02. The molecule has 4 nitrogen and oxygen atoms in total. The lowest BCUT2D eigenvalue weighted by atomic mass is 10.4. The molecule has 0 saturated carbocycles. The Labute approximate surface area is 88.4 Å². The van der Waals surface area contributed by atoms with Crippen LogP contribution in [0, 0.1) is 0 Å². The van der Waals surface area contributed by atoms with Crippen molar-refractivity contribution in [1.82, 2.24) is 4.98 Å². The van der Waals surface area contributed by atoms with Crippen LogP contribution in [0.3, 0.4) is 0 Å². The monoisotopic (exact) mass is 221 g/mol. The Morgan fingerprint density at radius 1 is 0.929 bits per heavy atom. The zero-order valence-electron chi connectivity index (χ0n) is 9.92. The lowest BCUT2D eigenvalue weighted by Gasteiger charge is -2.29. The van der Waals surface area contributed by atoms with E-state index in [9.17, 15) is 0 Å². The Bertz CT molecular complexity index is 127. The molecule has 0 heterocycles. The van der Waals surface area contributed by atoms with Crippen molar-refractivity contribution in [2.24, 2.45) is 0 Å². The van der Waals surface area contributed by atoms with E-state index in [2.05, 4.69) is 18.8 Å². The van der Waals surface area contributed by atoms with Gasteiger partial charge in [-0.05, 0) is 20.8 Å². The van der Waals surface area contributed by atoms with E-state index in [1.807, 2.05) is 20.8 Å². The summed E-state index contributed by atoms with van der Waals surface area (Å²) in [7, 11) is -2.61. The van der Waals surface area contributed by atoms with Crippen molar-refractivity contribution in [2.75, 3.05) is 19.8 Å². The van der Waals surface area contributed by atoms with Crippen LogP contribution in [-0.4, -0.2) is 34.8 Å². The second kappa shape index (κ2) is 7.36. The van der Waals surface area contributed by atoms with Gasteiger partial charge in [0, 0.05) is 25.9 Å². The van der Waals surface area contributed by atoms with Gasteiger partial charge in [-0.25, -0.2) is 0 Å². The van der Waals surface area contributed by atoms with Crippen molar-refractivity contribution in [3.63, 3.8) is 0 Å². The summed E-state index contributed by atoms with van der Waals surface area (Å²) in [5.41, 5.74) is 0. The van der Waals surface area contributed by atoms with E-state index in [-0.39, 0.29) is 0 Å². The van der Waals surface area contributed by atoms with Crippen molar-refractivity contribution in [2.45, 2.75) is 40.7 Å². The van der Waals surface area contributed by atoms with Gasteiger partial charge >= 0.3 is 8.97 Å². The summed E-state index contributed by atoms with van der Waals surface area (Å²) in [5.74, 6) is 0. The van der Waals surface area contributed by atoms with Gasteiger partial charge in [0.15, 0.2) is 0 Å². The molecule has 0 rings (SSSR count). The fraction of sp³-hybridized carbons (Fsp3) is 1.00. The molecule has 0 radical (unpaired) electrons. The number of rotatable bonds is 8. The minimum Gasteiger partial charge on any atom is -0.361 e. The van der Waals surface area contributed by atoms with Crippen LogP contribution in [0.15, 0.2) is 0 Å². The molecule has 0 saturated heterocycles. The second-order valence-corrected chi connectivity index (χ2v) is 5.42. The van der Waals surface area contributed by atoms with Crippen LogP contribution in [0.5, 0.6) is 0 Å². The molecule has 0 spiro atoms. The summed E-state index contributed by atoms with van der Waals surface area (Å²) in [6.07, 6.45) is 0. The van der Waals surface area contributed by atoms with E-state index < -0.39 is 8.97 Å². The Hall–Kier alpha value is 0.0569. The fourth-order valence-corrected chi connectivity index (χ4v) is 3.52. The molecule has 5 heteroatoms. The summed E-state index contributed by atoms with van der Waals surface area (Å²) in [5, 5.41) is 0. The first kappa shape index (κ1) is 14.1. The SMILES string of the molecule is CCO[Si](NC(C)C)(OCC)OCC. The summed E-state index contributed by atoms with van der Waals surface area (Å²) in [4.78, 5) is 3.27. The van der Waals surface area contributed by atoms with Crippen LogP contribution in [0.1, 0.15) is 34.6 Å². The molecule has 0 aliphatic heterocycles. The highest BCUT2D eigenvalue weighted by molar-refractivity contribution is 6.58. The van der Waals surface area contributed by atoms with E-state index in [0.717, 1.165) is 0 Å².